The van der Waals surface area contributed by atoms with E-state index in [0.29, 0.717) is 11.3 Å². The minimum atomic E-state index is -0.359. The van der Waals surface area contributed by atoms with Crippen LogP contribution in [-0.4, -0.2) is 19.0 Å². The van der Waals surface area contributed by atoms with E-state index in [9.17, 15) is 9.59 Å². The summed E-state index contributed by atoms with van der Waals surface area (Å²) in [5.74, 6) is 1.67. The smallest absolute Gasteiger partial charge is 0.337 e. The highest BCUT2D eigenvalue weighted by Gasteiger charge is 2.21. The Morgan fingerprint density at radius 1 is 0.789 bits per heavy atom. The molecule has 3 aromatic carbocycles. The van der Waals surface area contributed by atoms with Gasteiger partial charge in [-0.1, -0.05) is 86.7 Å². The largest absolute Gasteiger partial charge is 0.465 e. The number of esters is 2. The van der Waals surface area contributed by atoms with Crippen molar-refractivity contribution in [2.75, 3.05) is 7.11 Å². The summed E-state index contributed by atoms with van der Waals surface area (Å²) >= 11 is 0. The first-order chi connectivity index (χ1) is 18.4. The molecule has 0 spiro atoms. The number of hydrogen-bond donors (Lipinski definition) is 0. The van der Waals surface area contributed by atoms with E-state index in [1.165, 1.54) is 71.0 Å². The lowest BCUT2D eigenvalue weighted by Crippen LogP contribution is -2.13. The van der Waals surface area contributed by atoms with Crippen LogP contribution < -0.4 is 4.74 Å². The van der Waals surface area contributed by atoms with Crippen LogP contribution in [-0.2, 0) is 9.53 Å². The van der Waals surface area contributed by atoms with E-state index in [4.69, 9.17) is 4.74 Å². The van der Waals surface area contributed by atoms with Crippen LogP contribution in [0.4, 0.5) is 0 Å². The number of benzene rings is 3. The van der Waals surface area contributed by atoms with E-state index in [2.05, 4.69) is 42.8 Å². The van der Waals surface area contributed by atoms with E-state index in [-0.39, 0.29) is 11.9 Å². The van der Waals surface area contributed by atoms with Gasteiger partial charge in [-0.25, -0.2) is 4.79 Å². The van der Waals surface area contributed by atoms with Crippen molar-refractivity contribution in [1.29, 1.82) is 0 Å². The van der Waals surface area contributed by atoms with Crippen LogP contribution in [0.25, 0.3) is 11.1 Å². The number of rotatable bonds is 8. The van der Waals surface area contributed by atoms with Crippen LogP contribution in [0.3, 0.4) is 0 Å². The van der Waals surface area contributed by atoms with E-state index >= 15 is 0 Å². The summed E-state index contributed by atoms with van der Waals surface area (Å²) in [6.07, 6.45) is 11.5. The summed E-state index contributed by atoms with van der Waals surface area (Å²) in [6, 6.07) is 23.5. The molecule has 3 aromatic rings. The maximum atomic E-state index is 11.3. The van der Waals surface area contributed by atoms with Crippen molar-refractivity contribution in [2.45, 2.75) is 78.1 Å². The van der Waals surface area contributed by atoms with Crippen LogP contribution in [0.15, 0.2) is 72.8 Å². The van der Waals surface area contributed by atoms with Crippen molar-refractivity contribution in [3.05, 3.63) is 89.5 Å². The van der Waals surface area contributed by atoms with Gasteiger partial charge < -0.3 is 9.47 Å². The maximum Gasteiger partial charge on any atom is 0.337 e. The first-order valence-electron chi connectivity index (χ1n) is 13.9. The average molecular weight is 515 g/mol. The molecule has 0 unspecified atom stereocenters. The molecule has 1 aliphatic rings. The van der Waals surface area contributed by atoms with E-state index in [0.717, 1.165) is 23.0 Å². The lowest BCUT2D eigenvalue weighted by atomic mass is 9.77. The first-order valence-corrected chi connectivity index (χ1v) is 13.9. The molecular formula is C34H42O4. The Kier molecular flexibility index (Phi) is 11.6. The Hall–Kier alpha value is -3.40. The first kappa shape index (κ1) is 29.2. The highest BCUT2D eigenvalue weighted by atomic mass is 16.5. The molecule has 202 valence electrons. The summed E-state index contributed by atoms with van der Waals surface area (Å²) in [4.78, 5) is 22.2. The van der Waals surface area contributed by atoms with Crippen LogP contribution in [0, 0.1) is 12.8 Å². The number of hydrogen-bond acceptors (Lipinski definition) is 4. The zero-order valence-electron chi connectivity index (χ0n) is 23.4. The van der Waals surface area contributed by atoms with E-state index < -0.39 is 0 Å². The lowest BCUT2D eigenvalue weighted by Gasteiger charge is -2.29. The standard InChI is InChI=1S/C18H28.C16H14O4/c1-3-4-5-6-16-9-13-18(14-10-16)17-11-7-15(2)8-12-17;1-11(17)20-15-9-7-13(8-10-15)12-3-5-14(6-4-12)16(18)19-2/h7-8,11-12,16,18H,3-6,9-10,13-14H2,1-2H3;3-10H,1-2H3. The molecule has 0 saturated heterocycles. The highest BCUT2D eigenvalue weighted by molar-refractivity contribution is 5.90. The summed E-state index contributed by atoms with van der Waals surface area (Å²) in [6.45, 7) is 5.84. The van der Waals surface area contributed by atoms with Crippen molar-refractivity contribution in [1.82, 2.24) is 0 Å². The molecule has 1 saturated carbocycles. The van der Waals surface area contributed by atoms with Crippen LogP contribution >= 0.6 is 0 Å². The third-order valence-electron chi connectivity index (χ3n) is 7.37. The number of ether oxygens (including phenoxy) is 2. The molecular weight excluding hydrogens is 472 g/mol. The number of carbonyl (C=O) groups is 2. The van der Waals surface area contributed by atoms with Gasteiger partial charge in [0.25, 0.3) is 0 Å². The average Bonchev–Trinajstić information content (AvgIpc) is 2.94. The summed E-state index contributed by atoms with van der Waals surface area (Å²) < 4.78 is 9.62. The predicted molar refractivity (Wildman–Crippen MR) is 155 cm³/mol. The SMILES string of the molecule is CCCCCC1CCC(c2ccc(C)cc2)CC1.COC(=O)c1ccc(-c2ccc(OC(C)=O)cc2)cc1. The minimum Gasteiger partial charge on any atom is -0.465 e. The maximum absolute atomic E-state index is 11.3. The third-order valence-corrected chi connectivity index (χ3v) is 7.37. The monoisotopic (exact) mass is 514 g/mol. The second-order valence-electron chi connectivity index (χ2n) is 10.3. The molecule has 1 aliphatic carbocycles. The third kappa shape index (κ3) is 9.16. The van der Waals surface area contributed by atoms with Crippen molar-refractivity contribution in [2.24, 2.45) is 5.92 Å². The van der Waals surface area contributed by atoms with Gasteiger partial charge in [-0.05, 0) is 85.4 Å². The molecule has 0 heterocycles. The van der Waals surface area contributed by atoms with Crippen molar-refractivity contribution >= 4 is 11.9 Å². The normalized spacial score (nSPS) is 16.6. The minimum absolute atomic E-state index is 0.347. The molecule has 0 aliphatic heterocycles. The van der Waals surface area contributed by atoms with Gasteiger partial charge in [-0.3, -0.25) is 4.79 Å². The highest BCUT2D eigenvalue weighted by Crippen LogP contribution is 2.37. The Bertz CT molecular complexity index is 1120. The van der Waals surface area contributed by atoms with Gasteiger partial charge in [-0.2, -0.15) is 0 Å². The second-order valence-corrected chi connectivity index (χ2v) is 10.3. The van der Waals surface area contributed by atoms with Crippen molar-refractivity contribution < 1.29 is 19.1 Å². The number of unbranched alkanes of at least 4 members (excludes halogenated alkanes) is 2. The van der Waals surface area contributed by atoms with Gasteiger partial charge in [-0.15, -0.1) is 0 Å². The van der Waals surface area contributed by atoms with Crippen LogP contribution in [0.1, 0.15) is 92.6 Å². The Morgan fingerprint density at radius 2 is 1.37 bits per heavy atom. The summed E-state index contributed by atoms with van der Waals surface area (Å²) in [5.41, 5.74) is 5.40. The second kappa shape index (κ2) is 15.1. The van der Waals surface area contributed by atoms with Crippen molar-refractivity contribution in [3.63, 3.8) is 0 Å². The fraction of sp³-hybridized carbons (Fsp3) is 0.412. The number of aryl methyl sites for hydroxylation is 1. The fourth-order valence-electron chi connectivity index (χ4n) is 5.10. The van der Waals surface area contributed by atoms with Gasteiger partial charge in [0.05, 0.1) is 12.7 Å². The van der Waals surface area contributed by atoms with Gasteiger partial charge in [0.2, 0.25) is 0 Å². The fourth-order valence-corrected chi connectivity index (χ4v) is 5.10. The lowest BCUT2D eigenvalue weighted by molar-refractivity contribution is -0.131. The molecule has 1 fully saturated rings. The zero-order chi connectivity index (χ0) is 27.3. The Labute approximate surface area is 228 Å². The van der Waals surface area contributed by atoms with Gasteiger partial charge >= 0.3 is 11.9 Å². The Balaban J connectivity index is 0.000000212. The van der Waals surface area contributed by atoms with Gasteiger partial charge in [0, 0.05) is 6.92 Å². The molecule has 0 N–H and O–H groups in total. The number of methoxy groups -OCH3 is 1. The molecule has 38 heavy (non-hydrogen) atoms. The van der Waals surface area contributed by atoms with Gasteiger partial charge in [0.1, 0.15) is 5.75 Å². The summed E-state index contributed by atoms with van der Waals surface area (Å²) in [7, 11) is 1.35. The van der Waals surface area contributed by atoms with Crippen LogP contribution in [0.2, 0.25) is 0 Å². The summed E-state index contributed by atoms with van der Waals surface area (Å²) in [5, 5.41) is 0. The zero-order valence-corrected chi connectivity index (χ0v) is 23.4. The number of carbonyl (C=O) groups excluding carboxylic acids is 2. The van der Waals surface area contributed by atoms with E-state index in [1.807, 2.05) is 24.3 Å². The Morgan fingerprint density at radius 3 is 1.89 bits per heavy atom. The molecule has 4 nitrogen and oxygen atoms in total. The predicted octanol–water partition coefficient (Wildman–Crippen LogP) is 8.91. The van der Waals surface area contributed by atoms with Gasteiger partial charge in [0.15, 0.2) is 0 Å². The molecule has 4 rings (SSSR count). The molecule has 4 heteroatoms. The molecule has 0 amide bonds. The molecule has 0 atom stereocenters. The topological polar surface area (TPSA) is 52.6 Å². The van der Waals surface area contributed by atoms with Crippen LogP contribution in [0.5, 0.6) is 5.75 Å². The molecule has 0 radical (unpaired) electrons. The quantitative estimate of drug-likeness (QED) is 0.171. The molecule has 0 bridgehead atoms. The van der Waals surface area contributed by atoms with E-state index in [1.54, 1.807) is 29.8 Å². The van der Waals surface area contributed by atoms with Crippen molar-refractivity contribution in [3.8, 4) is 16.9 Å². The molecule has 0 aromatic heterocycles.